The normalized spacial score (nSPS) is 15.4. The van der Waals surface area contributed by atoms with Gasteiger partial charge in [-0.2, -0.15) is 5.10 Å². The van der Waals surface area contributed by atoms with Crippen LogP contribution in [-0.2, 0) is 0 Å². The van der Waals surface area contributed by atoms with Gasteiger partial charge in [-0.05, 0) is 73.2 Å². The molecule has 7 nitrogen and oxygen atoms in total. The molecule has 2 aliphatic heterocycles. The second-order valence-corrected chi connectivity index (χ2v) is 9.63. The van der Waals surface area contributed by atoms with E-state index in [9.17, 15) is 4.39 Å². The van der Waals surface area contributed by atoms with Gasteiger partial charge in [-0.3, -0.25) is 0 Å². The molecule has 5 aromatic rings. The highest BCUT2D eigenvalue weighted by atomic mass is 19.1. The molecular formula is C32H25FN6O. The Hall–Kier alpha value is -5.24. The topological polar surface area (TPSA) is 67.0 Å². The number of hydrogen-bond acceptors (Lipinski definition) is 6. The molecule has 0 fully saturated rings. The van der Waals surface area contributed by atoms with E-state index in [4.69, 9.17) is 19.8 Å². The summed E-state index contributed by atoms with van der Waals surface area (Å²) >= 11 is 0. The van der Waals surface area contributed by atoms with E-state index in [1.54, 1.807) is 7.11 Å². The van der Waals surface area contributed by atoms with Gasteiger partial charge in [-0.25, -0.2) is 19.1 Å². The highest BCUT2D eigenvalue weighted by molar-refractivity contribution is 6.51. The van der Waals surface area contributed by atoms with Crippen LogP contribution in [0.3, 0.4) is 0 Å². The summed E-state index contributed by atoms with van der Waals surface area (Å²) in [6.45, 7) is 2.00. The minimum Gasteiger partial charge on any atom is -0.497 e. The van der Waals surface area contributed by atoms with Crippen molar-refractivity contribution in [1.82, 2.24) is 9.78 Å². The Morgan fingerprint density at radius 3 is 2.30 bits per heavy atom. The molecule has 40 heavy (non-hydrogen) atoms. The van der Waals surface area contributed by atoms with Gasteiger partial charge < -0.3 is 15.0 Å². The van der Waals surface area contributed by atoms with Crippen molar-refractivity contribution >= 4 is 34.6 Å². The minimum atomic E-state index is -0.315. The van der Waals surface area contributed by atoms with E-state index in [1.807, 2.05) is 103 Å². The fraction of sp³-hybridized carbons (Fsp3) is 0.0938. The predicted molar refractivity (Wildman–Crippen MR) is 156 cm³/mol. The number of para-hydroxylation sites is 3. The molecule has 2 aliphatic rings. The molecule has 0 amide bonds. The van der Waals surface area contributed by atoms with Crippen LogP contribution in [0.4, 0.5) is 27.3 Å². The maximum Gasteiger partial charge on any atom is 0.179 e. The summed E-state index contributed by atoms with van der Waals surface area (Å²) in [5, 5.41) is 8.42. The van der Waals surface area contributed by atoms with E-state index in [-0.39, 0.29) is 11.9 Å². The molecule has 1 unspecified atom stereocenters. The van der Waals surface area contributed by atoms with Crippen LogP contribution in [-0.4, -0.2) is 28.6 Å². The zero-order chi connectivity index (χ0) is 27.2. The summed E-state index contributed by atoms with van der Waals surface area (Å²) in [5.74, 6) is 2.44. The first kappa shape index (κ1) is 23.8. The molecule has 0 spiro atoms. The molecule has 8 heteroatoms. The highest BCUT2D eigenvalue weighted by Crippen LogP contribution is 2.48. The molecule has 7 rings (SSSR count). The van der Waals surface area contributed by atoms with Crippen molar-refractivity contribution in [1.29, 1.82) is 0 Å². The van der Waals surface area contributed by atoms with E-state index < -0.39 is 0 Å². The fourth-order valence-electron chi connectivity index (χ4n) is 5.32. The Labute approximate surface area is 230 Å². The summed E-state index contributed by atoms with van der Waals surface area (Å²) in [5.41, 5.74) is 6.19. The van der Waals surface area contributed by atoms with Gasteiger partial charge in [0, 0.05) is 11.3 Å². The zero-order valence-electron chi connectivity index (χ0n) is 21.9. The van der Waals surface area contributed by atoms with Crippen molar-refractivity contribution in [2.75, 3.05) is 17.3 Å². The van der Waals surface area contributed by atoms with Gasteiger partial charge in [-0.1, -0.05) is 42.5 Å². The lowest BCUT2D eigenvalue weighted by atomic mass is 9.93. The van der Waals surface area contributed by atoms with E-state index in [2.05, 4.69) is 10.2 Å². The van der Waals surface area contributed by atoms with E-state index in [1.165, 1.54) is 12.1 Å². The van der Waals surface area contributed by atoms with Gasteiger partial charge in [0.05, 0.1) is 35.9 Å². The molecule has 0 radical (unpaired) electrons. The number of nitrogens with zero attached hydrogens (tertiary/aromatic N) is 5. The second kappa shape index (κ2) is 9.50. The Bertz CT molecular complexity index is 1780. The first-order valence-corrected chi connectivity index (χ1v) is 13.0. The van der Waals surface area contributed by atoms with Crippen molar-refractivity contribution in [3.8, 4) is 11.4 Å². The quantitative estimate of drug-likeness (QED) is 0.270. The average molecular weight is 529 g/mol. The standard InChI is InChI=1S/C32H25FN6O/c1-20-28-29(21-12-14-22(33)15-13-21)38-27-11-7-6-10-26(27)35-30(34-23-16-18-25(40-2)19-17-23)32(38)36-31(28)39(37-20)24-8-4-3-5-9-24/h3-19,29H,1-2H3,(H,34,35). The van der Waals surface area contributed by atoms with Gasteiger partial charge in [-0.15, -0.1) is 0 Å². The van der Waals surface area contributed by atoms with Crippen LogP contribution in [0, 0.1) is 12.7 Å². The molecule has 0 aliphatic carbocycles. The third-order valence-corrected chi connectivity index (χ3v) is 7.18. The molecule has 0 saturated carbocycles. The molecular weight excluding hydrogens is 503 g/mol. The lowest BCUT2D eigenvalue weighted by Crippen LogP contribution is -2.46. The van der Waals surface area contributed by atoms with Crippen LogP contribution in [0.1, 0.15) is 22.9 Å². The number of aryl methyl sites for hydroxylation is 1. The van der Waals surface area contributed by atoms with Crippen LogP contribution >= 0.6 is 0 Å². The largest absolute Gasteiger partial charge is 0.497 e. The summed E-state index contributed by atoms with van der Waals surface area (Å²) < 4.78 is 21.3. The zero-order valence-corrected chi connectivity index (χ0v) is 21.9. The Morgan fingerprint density at radius 2 is 1.55 bits per heavy atom. The van der Waals surface area contributed by atoms with Crippen LogP contribution in [0.2, 0.25) is 0 Å². The first-order chi connectivity index (χ1) is 19.6. The molecule has 3 heterocycles. The number of ether oxygens (including phenoxy) is 1. The van der Waals surface area contributed by atoms with Crippen molar-refractivity contribution in [3.05, 3.63) is 126 Å². The molecule has 1 atom stereocenters. The number of benzene rings is 4. The third kappa shape index (κ3) is 3.92. The van der Waals surface area contributed by atoms with Gasteiger partial charge >= 0.3 is 0 Å². The number of methoxy groups -OCH3 is 1. The Balaban J connectivity index is 1.47. The highest BCUT2D eigenvalue weighted by Gasteiger charge is 2.41. The molecule has 1 N–H and O–H groups in total. The van der Waals surface area contributed by atoms with Crippen LogP contribution in [0.15, 0.2) is 113 Å². The van der Waals surface area contributed by atoms with Crippen molar-refractivity contribution < 1.29 is 9.13 Å². The number of aromatic nitrogens is 2. The van der Waals surface area contributed by atoms with Gasteiger partial charge in [0.2, 0.25) is 0 Å². The maximum atomic E-state index is 14.1. The van der Waals surface area contributed by atoms with Gasteiger partial charge in [0.25, 0.3) is 0 Å². The number of hydrogen-bond donors (Lipinski definition) is 1. The second-order valence-electron chi connectivity index (χ2n) is 9.63. The van der Waals surface area contributed by atoms with E-state index in [0.717, 1.165) is 45.3 Å². The predicted octanol–water partition coefficient (Wildman–Crippen LogP) is 7.12. The number of fused-ring (bicyclic) bond motifs is 4. The first-order valence-electron chi connectivity index (χ1n) is 13.0. The van der Waals surface area contributed by atoms with Crippen LogP contribution < -0.4 is 15.0 Å². The average Bonchev–Trinajstić information content (AvgIpc) is 3.33. The third-order valence-electron chi connectivity index (χ3n) is 7.18. The molecule has 0 saturated heterocycles. The number of nitrogens with one attached hydrogen (secondary N) is 1. The number of rotatable bonds is 4. The summed E-state index contributed by atoms with van der Waals surface area (Å²) in [6, 6.07) is 31.9. The maximum absolute atomic E-state index is 14.1. The van der Waals surface area contributed by atoms with Gasteiger partial charge in [0.1, 0.15) is 11.6 Å². The number of aliphatic imine (C=N–C) groups is 2. The van der Waals surface area contributed by atoms with Crippen molar-refractivity contribution in [2.45, 2.75) is 13.0 Å². The minimum absolute atomic E-state index is 0.284. The Morgan fingerprint density at radius 1 is 0.825 bits per heavy atom. The number of halogens is 1. The fourth-order valence-corrected chi connectivity index (χ4v) is 5.32. The Kier molecular flexibility index (Phi) is 5.66. The molecule has 4 aromatic carbocycles. The number of amidine groups is 2. The van der Waals surface area contributed by atoms with E-state index in [0.29, 0.717) is 17.5 Å². The van der Waals surface area contributed by atoms with Crippen molar-refractivity contribution in [2.24, 2.45) is 9.98 Å². The lowest BCUT2D eigenvalue weighted by Gasteiger charge is -2.40. The van der Waals surface area contributed by atoms with Gasteiger partial charge in [0.15, 0.2) is 17.5 Å². The molecule has 1 aromatic heterocycles. The van der Waals surface area contributed by atoms with Crippen LogP contribution in [0.5, 0.6) is 5.75 Å². The molecule has 0 bridgehead atoms. The smallest absolute Gasteiger partial charge is 0.179 e. The summed E-state index contributed by atoms with van der Waals surface area (Å²) in [4.78, 5) is 12.4. The molecule has 196 valence electrons. The number of anilines is 2. The monoisotopic (exact) mass is 528 g/mol. The van der Waals surface area contributed by atoms with Crippen molar-refractivity contribution in [3.63, 3.8) is 0 Å². The van der Waals surface area contributed by atoms with Crippen LogP contribution in [0.25, 0.3) is 5.69 Å². The lowest BCUT2D eigenvalue weighted by molar-refractivity contribution is 0.415. The summed E-state index contributed by atoms with van der Waals surface area (Å²) in [7, 11) is 1.64. The van der Waals surface area contributed by atoms with E-state index >= 15 is 0 Å². The SMILES string of the molecule is COc1ccc(NC2=Nc3ccccc3N3C2=Nc2c(c(C)nn2-c2ccccc2)C3c2ccc(F)cc2)cc1. The summed E-state index contributed by atoms with van der Waals surface area (Å²) in [6.07, 6.45) is 0.